The van der Waals surface area contributed by atoms with Crippen molar-refractivity contribution in [2.75, 3.05) is 19.7 Å². The molecule has 1 aliphatic heterocycles. The van der Waals surface area contributed by atoms with E-state index in [1.807, 2.05) is 0 Å². The zero-order valence-electron chi connectivity index (χ0n) is 16.6. The van der Waals surface area contributed by atoms with E-state index in [0.29, 0.717) is 49.9 Å². The van der Waals surface area contributed by atoms with E-state index >= 15 is 0 Å². The molecule has 1 saturated carbocycles. The first-order chi connectivity index (χ1) is 14.5. The van der Waals surface area contributed by atoms with Crippen LogP contribution in [0.25, 0.3) is 0 Å². The van der Waals surface area contributed by atoms with Crippen LogP contribution in [-0.2, 0) is 0 Å². The van der Waals surface area contributed by atoms with E-state index < -0.39 is 23.1 Å². The maximum absolute atomic E-state index is 13.9. The van der Waals surface area contributed by atoms with Crippen LogP contribution in [0, 0.1) is 17.6 Å². The molecule has 2 aromatic rings. The van der Waals surface area contributed by atoms with Crippen LogP contribution in [0.2, 0.25) is 0 Å². The van der Waals surface area contributed by atoms with Gasteiger partial charge in [-0.3, -0.25) is 9.59 Å². The third-order valence-corrected chi connectivity index (χ3v) is 5.59. The normalized spacial score (nSPS) is 16.9. The molecular weight excluding hydrogens is 390 g/mol. The highest BCUT2D eigenvalue weighted by Gasteiger charge is 2.28. The highest BCUT2D eigenvalue weighted by Crippen LogP contribution is 2.23. The first kappa shape index (κ1) is 20.3. The Bertz CT molecular complexity index is 900. The molecule has 0 unspecified atom stereocenters. The molecule has 0 aromatic heterocycles. The predicted octanol–water partition coefficient (Wildman–Crippen LogP) is 3.79. The van der Waals surface area contributed by atoms with Gasteiger partial charge in [-0.15, -0.1) is 0 Å². The third kappa shape index (κ3) is 4.78. The number of halogens is 2. The molecule has 0 radical (unpaired) electrons. The monoisotopic (exact) mass is 414 g/mol. The third-order valence-electron chi connectivity index (χ3n) is 5.59. The summed E-state index contributed by atoms with van der Waals surface area (Å²) in [6.45, 7) is 1.35. The largest absolute Gasteiger partial charge is 0.493 e. The Morgan fingerprint density at radius 2 is 1.60 bits per heavy atom. The van der Waals surface area contributed by atoms with Crippen molar-refractivity contribution >= 4 is 11.8 Å². The van der Waals surface area contributed by atoms with Crippen LogP contribution in [0.1, 0.15) is 46.4 Å². The Morgan fingerprint density at radius 1 is 0.967 bits per heavy atom. The number of amides is 2. The Balaban J connectivity index is 1.25. The summed E-state index contributed by atoms with van der Waals surface area (Å²) in [5.41, 5.74) is 0.124. The van der Waals surface area contributed by atoms with Gasteiger partial charge in [0.2, 0.25) is 0 Å². The van der Waals surface area contributed by atoms with Crippen LogP contribution in [0.15, 0.2) is 42.5 Å². The number of hydrogen-bond acceptors (Lipinski definition) is 3. The van der Waals surface area contributed by atoms with Crippen molar-refractivity contribution in [2.24, 2.45) is 5.92 Å². The summed E-state index contributed by atoms with van der Waals surface area (Å²) in [7, 11) is 0. The number of benzene rings is 2. The quantitative estimate of drug-likeness (QED) is 0.783. The van der Waals surface area contributed by atoms with E-state index in [9.17, 15) is 18.4 Å². The van der Waals surface area contributed by atoms with Gasteiger partial charge in [-0.05, 0) is 68.0 Å². The molecule has 2 aliphatic rings. The molecule has 7 heteroatoms. The van der Waals surface area contributed by atoms with Gasteiger partial charge in [0, 0.05) is 24.7 Å². The topological polar surface area (TPSA) is 58.6 Å². The minimum absolute atomic E-state index is 0.0626. The molecule has 4 rings (SSSR count). The lowest BCUT2D eigenvalue weighted by Crippen LogP contribution is -2.40. The maximum Gasteiger partial charge on any atom is 0.259 e. The van der Waals surface area contributed by atoms with E-state index in [1.165, 1.54) is 11.0 Å². The van der Waals surface area contributed by atoms with Gasteiger partial charge in [0.05, 0.1) is 6.61 Å². The first-order valence-electron chi connectivity index (χ1n) is 10.3. The first-order valence-corrected chi connectivity index (χ1v) is 10.3. The second-order valence-corrected chi connectivity index (χ2v) is 7.92. The summed E-state index contributed by atoms with van der Waals surface area (Å²) in [4.78, 5) is 26.0. The smallest absolute Gasteiger partial charge is 0.259 e. The molecule has 2 aromatic carbocycles. The molecule has 0 atom stereocenters. The van der Waals surface area contributed by atoms with Gasteiger partial charge in [0.15, 0.2) is 0 Å². The second-order valence-electron chi connectivity index (χ2n) is 7.92. The fourth-order valence-electron chi connectivity index (χ4n) is 3.58. The number of nitrogens with one attached hydrogen (secondary N) is 1. The minimum Gasteiger partial charge on any atom is -0.493 e. The summed E-state index contributed by atoms with van der Waals surface area (Å²) in [6, 6.07) is 10.8. The van der Waals surface area contributed by atoms with Crippen LogP contribution < -0.4 is 10.1 Å². The lowest BCUT2D eigenvalue weighted by Gasteiger charge is -2.32. The molecule has 30 heavy (non-hydrogen) atoms. The van der Waals surface area contributed by atoms with E-state index in [-0.39, 0.29) is 11.8 Å². The van der Waals surface area contributed by atoms with Gasteiger partial charge in [0.25, 0.3) is 11.8 Å². The fraction of sp³-hybridized carbons (Fsp3) is 0.391. The minimum atomic E-state index is -0.834. The number of likely N-dealkylation sites (tertiary alicyclic amines) is 1. The lowest BCUT2D eigenvalue weighted by molar-refractivity contribution is 0.0651. The maximum atomic E-state index is 13.9. The van der Waals surface area contributed by atoms with Crippen molar-refractivity contribution in [1.29, 1.82) is 0 Å². The Hall–Kier alpha value is -2.96. The molecule has 0 bridgehead atoms. The molecule has 158 valence electrons. The highest BCUT2D eigenvalue weighted by molar-refractivity contribution is 5.95. The summed E-state index contributed by atoms with van der Waals surface area (Å²) < 4.78 is 33.5. The van der Waals surface area contributed by atoms with Crippen LogP contribution in [0.3, 0.4) is 0 Å². The van der Waals surface area contributed by atoms with Crippen molar-refractivity contribution in [3.8, 4) is 5.75 Å². The SMILES string of the molecule is O=C(NC1CC1)c1ccc(OCC2CCN(C(=O)c3c(F)cccc3F)CC2)cc1. The van der Waals surface area contributed by atoms with Crippen LogP contribution in [-0.4, -0.2) is 42.5 Å². The van der Waals surface area contributed by atoms with Gasteiger partial charge in [-0.2, -0.15) is 0 Å². The van der Waals surface area contributed by atoms with Crippen molar-refractivity contribution in [2.45, 2.75) is 31.7 Å². The zero-order chi connectivity index (χ0) is 21.1. The van der Waals surface area contributed by atoms with E-state index in [2.05, 4.69) is 5.32 Å². The molecule has 1 aliphatic carbocycles. The predicted molar refractivity (Wildman–Crippen MR) is 107 cm³/mol. The van der Waals surface area contributed by atoms with Gasteiger partial charge >= 0.3 is 0 Å². The van der Waals surface area contributed by atoms with E-state index in [0.717, 1.165) is 25.0 Å². The summed E-state index contributed by atoms with van der Waals surface area (Å²) in [6.07, 6.45) is 3.49. The Morgan fingerprint density at radius 3 is 2.20 bits per heavy atom. The number of carbonyl (C=O) groups excluding carboxylic acids is 2. The fourth-order valence-corrected chi connectivity index (χ4v) is 3.58. The van der Waals surface area contributed by atoms with Crippen LogP contribution in [0.4, 0.5) is 8.78 Å². The average molecular weight is 414 g/mol. The van der Waals surface area contributed by atoms with E-state index in [4.69, 9.17) is 4.74 Å². The molecule has 1 saturated heterocycles. The van der Waals surface area contributed by atoms with Gasteiger partial charge in [0.1, 0.15) is 22.9 Å². The molecule has 5 nitrogen and oxygen atoms in total. The van der Waals surface area contributed by atoms with Gasteiger partial charge < -0.3 is 15.0 Å². The summed E-state index contributed by atoms with van der Waals surface area (Å²) in [5, 5.41) is 2.95. The number of rotatable bonds is 6. The second kappa shape index (κ2) is 8.81. The van der Waals surface area contributed by atoms with Crippen LogP contribution in [0.5, 0.6) is 5.75 Å². The van der Waals surface area contributed by atoms with Gasteiger partial charge in [-0.25, -0.2) is 8.78 Å². The van der Waals surface area contributed by atoms with Crippen LogP contribution >= 0.6 is 0 Å². The Kier molecular flexibility index (Phi) is 5.97. The number of piperidine rings is 1. The number of nitrogens with zero attached hydrogens (tertiary/aromatic N) is 1. The lowest BCUT2D eigenvalue weighted by atomic mass is 9.97. The zero-order valence-corrected chi connectivity index (χ0v) is 16.6. The number of carbonyl (C=O) groups is 2. The molecular formula is C23H24F2N2O3. The van der Waals surface area contributed by atoms with Crippen molar-refractivity contribution in [3.05, 3.63) is 65.2 Å². The van der Waals surface area contributed by atoms with E-state index in [1.54, 1.807) is 24.3 Å². The van der Waals surface area contributed by atoms with Crippen molar-refractivity contribution in [3.63, 3.8) is 0 Å². The summed E-state index contributed by atoms with van der Waals surface area (Å²) in [5.74, 6) is -1.40. The average Bonchev–Trinajstić information content (AvgIpc) is 3.57. The van der Waals surface area contributed by atoms with Gasteiger partial charge in [-0.1, -0.05) is 6.07 Å². The Labute approximate surface area is 174 Å². The highest BCUT2D eigenvalue weighted by atomic mass is 19.1. The molecule has 0 spiro atoms. The number of hydrogen-bond donors (Lipinski definition) is 1. The molecule has 1 N–H and O–H groups in total. The van der Waals surface area contributed by atoms with Crippen molar-refractivity contribution in [1.82, 2.24) is 10.2 Å². The molecule has 2 amide bonds. The standard InChI is InChI=1S/C23H24F2N2O3/c24-19-2-1-3-20(25)21(19)23(29)27-12-10-15(11-13-27)14-30-18-8-4-16(5-9-18)22(28)26-17-6-7-17/h1-5,8-9,15,17H,6-7,10-14H2,(H,26,28). The number of ether oxygens (including phenoxy) is 1. The van der Waals surface area contributed by atoms with Crippen molar-refractivity contribution < 1.29 is 23.1 Å². The summed E-state index contributed by atoms with van der Waals surface area (Å²) >= 11 is 0. The molecule has 2 fully saturated rings. The molecule has 1 heterocycles.